The van der Waals surface area contributed by atoms with Crippen LogP contribution in [0.3, 0.4) is 0 Å². The zero-order chi connectivity index (χ0) is 28.2. The average Bonchev–Trinajstić information content (AvgIpc) is 3.29. The molecule has 0 aliphatic carbocycles. The predicted molar refractivity (Wildman–Crippen MR) is 145 cm³/mol. The summed E-state index contributed by atoms with van der Waals surface area (Å²) in [4.78, 5) is 25.3. The van der Waals surface area contributed by atoms with Crippen molar-refractivity contribution in [1.29, 1.82) is 0 Å². The van der Waals surface area contributed by atoms with E-state index in [4.69, 9.17) is 23.2 Å². The van der Waals surface area contributed by atoms with Crippen molar-refractivity contribution in [2.45, 2.75) is 24.8 Å². The quantitative estimate of drug-likeness (QED) is 0.226. The first-order valence-electron chi connectivity index (χ1n) is 11.4. The molecular formula is C26H20Cl2F3N5O2S. The van der Waals surface area contributed by atoms with Crippen LogP contribution in [0, 0.1) is 6.92 Å². The molecule has 0 aliphatic heterocycles. The predicted octanol–water partition coefficient (Wildman–Crippen LogP) is 6.56. The van der Waals surface area contributed by atoms with Crippen LogP contribution in [0.1, 0.15) is 27.3 Å². The van der Waals surface area contributed by atoms with Gasteiger partial charge < -0.3 is 10.6 Å². The van der Waals surface area contributed by atoms with E-state index in [1.54, 1.807) is 47.0 Å². The third-order valence-corrected chi connectivity index (χ3v) is 6.85. The van der Waals surface area contributed by atoms with Gasteiger partial charge in [-0.25, -0.2) is 0 Å². The van der Waals surface area contributed by atoms with Crippen molar-refractivity contribution in [3.8, 4) is 5.69 Å². The van der Waals surface area contributed by atoms with Crippen LogP contribution >= 0.6 is 35.0 Å². The number of nitrogens with one attached hydrogen (secondary N) is 2. The Morgan fingerprint density at radius 2 is 1.77 bits per heavy atom. The van der Waals surface area contributed by atoms with Gasteiger partial charge in [-0.1, -0.05) is 58.7 Å². The number of rotatable bonds is 8. The van der Waals surface area contributed by atoms with Gasteiger partial charge in [-0.15, -0.1) is 10.2 Å². The second-order valence-electron chi connectivity index (χ2n) is 8.30. The number of amides is 2. The second kappa shape index (κ2) is 12.1. The molecule has 4 aromatic rings. The van der Waals surface area contributed by atoms with Gasteiger partial charge in [0.2, 0.25) is 5.91 Å². The molecule has 2 amide bonds. The van der Waals surface area contributed by atoms with Crippen molar-refractivity contribution < 1.29 is 22.8 Å². The van der Waals surface area contributed by atoms with Crippen molar-refractivity contribution in [3.63, 3.8) is 0 Å². The van der Waals surface area contributed by atoms with Crippen molar-refractivity contribution in [2.75, 3.05) is 11.1 Å². The summed E-state index contributed by atoms with van der Waals surface area (Å²) in [6.07, 6.45) is -4.59. The zero-order valence-electron chi connectivity index (χ0n) is 20.2. The molecule has 4 rings (SSSR count). The van der Waals surface area contributed by atoms with E-state index < -0.39 is 17.6 Å². The highest BCUT2D eigenvalue weighted by molar-refractivity contribution is 7.99. The first-order valence-corrected chi connectivity index (χ1v) is 13.1. The molecule has 7 nitrogen and oxygen atoms in total. The number of hydrogen-bond donors (Lipinski definition) is 2. The number of alkyl halides is 3. The average molecular weight is 594 g/mol. The number of anilines is 1. The van der Waals surface area contributed by atoms with E-state index in [1.807, 2.05) is 13.0 Å². The topological polar surface area (TPSA) is 88.9 Å². The Morgan fingerprint density at radius 3 is 2.49 bits per heavy atom. The standard InChI is InChI=1S/C26H20Cl2F3N5O2S/c1-15-4-2-5-16(10-15)24(38)32-13-22-34-35-25(36(22)19-7-3-6-18(27)12-19)39-14-23(37)33-21-11-17(26(29,30)31)8-9-20(21)28/h2-12H,13-14H2,1H3,(H,32,38)(H,33,37). The van der Waals surface area contributed by atoms with E-state index >= 15 is 0 Å². The van der Waals surface area contributed by atoms with Gasteiger partial charge in [0.15, 0.2) is 11.0 Å². The molecule has 1 aromatic heterocycles. The van der Waals surface area contributed by atoms with Gasteiger partial charge in [0.25, 0.3) is 5.91 Å². The Morgan fingerprint density at radius 1 is 1.00 bits per heavy atom. The largest absolute Gasteiger partial charge is 0.416 e. The van der Waals surface area contributed by atoms with E-state index in [1.165, 1.54) is 0 Å². The Hall–Kier alpha value is -3.54. The van der Waals surface area contributed by atoms with Crippen LogP contribution in [0.25, 0.3) is 5.69 Å². The van der Waals surface area contributed by atoms with Crippen molar-refractivity contribution in [1.82, 2.24) is 20.1 Å². The summed E-state index contributed by atoms with van der Waals surface area (Å²) in [5, 5.41) is 14.3. The van der Waals surface area contributed by atoms with E-state index in [9.17, 15) is 22.8 Å². The van der Waals surface area contributed by atoms with E-state index in [0.717, 1.165) is 35.5 Å². The van der Waals surface area contributed by atoms with Crippen LogP contribution in [-0.2, 0) is 17.5 Å². The number of aromatic nitrogens is 3. The second-order valence-corrected chi connectivity index (χ2v) is 10.1. The van der Waals surface area contributed by atoms with E-state index in [2.05, 4.69) is 20.8 Å². The molecule has 0 bridgehead atoms. The molecule has 0 aliphatic rings. The summed E-state index contributed by atoms with van der Waals surface area (Å²) < 4.78 is 40.8. The van der Waals surface area contributed by atoms with Crippen LogP contribution in [0.4, 0.5) is 18.9 Å². The SMILES string of the molecule is Cc1cccc(C(=O)NCc2nnc(SCC(=O)Nc3cc(C(F)(F)F)ccc3Cl)n2-c2cccc(Cl)c2)c1. The summed E-state index contributed by atoms with van der Waals surface area (Å²) in [7, 11) is 0. The molecule has 0 atom stereocenters. The molecule has 2 N–H and O–H groups in total. The fourth-order valence-corrected chi connectivity index (χ4v) is 4.66. The van der Waals surface area contributed by atoms with Gasteiger partial charge in [0.05, 0.1) is 34.3 Å². The Bertz CT molecular complexity index is 1530. The summed E-state index contributed by atoms with van der Waals surface area (Å²) in [5.74, 6) is -0.731. The molecule has 0 spiro atoms. The van der Waals surface area contributed by atoms with Gasteiger partial charge in [-0.2, -0.15) is 13.2 Å². The summed E-state index contributed by atoms with van der Waals surface area (Å²) in [6, 6.07) is 16.6. The lowest BCUT2D eigenvalue weighted by Crippen LogP contribution is -2.24. The highest BCUT2D eigenvalue weighted by Crippen LogP contribution is 2.34. The lowest BCUT2D eigenvalue weighted by molar-refractivity contribution is -0.137. The maximum atomic E-state index is 13.1. The normalized spacial score (nSPS) is 11.3. The van der Waals surface area contributed by atoms with E-state index in [-0.39, 0.29) is 28.9 Å². The summed E-state index contributed by atoms with van der Waals surface area (Å²) in [6.45, 7) is 1.91. The highest BCUT2D eigenvalue weighted by atomic mass is 35.5. The Balaban J connectivity index is 1.51. The number of benzene rings is 3. The van der Waals surface area contributed by atoms with Gasteiger partial charge >= 0.3 is 6.18 Å². The number of carbonyl (C=O) groups excluding carboxylic acids is 2. The minimum atomic E-state index is -4.59. The molecule has 39 heavy (non-hydrogen) atoms. The van der Waals surface area contributed by atoms with Crippen molar-refractivity contribution in [2.24, 2.45) is 0 Å². The lowest BCUT2D eigenvalue weighted by Gasteiger charge is -2.13. The summed E-state index contributed by atoms with van der Waals surface area (Å²) in [5.41, 5.74) is 0.925. The Labute approximate surface area is 235 Å². The molecule has 0 fully saturated rings. The smallest absolute Gasteiger partial charge is 0.345 e. The molecule has 1 heterocycles. The number of aryl methyl sites for hydroxylation is 1. The molecular weight excluding hydrogens is 574 g/mol. The first-order chi connectivity index (χ1) is 18.5. The van der Waals surface area contributed by atoms with Crippen LogP contribution in [0.5, 0.6) is 0 Å². The van der Waals surface area contributed by atoms with E-state index in [0.29, 0.717) is 27.3 Å². The zero-order valence-corrected chi connectivity index (χ0v) is 22.5. The number of nitrogens with zero attached hydrogens (tertiary/aromatic N) is 3. The lowest BCUT2D eigenvalue weighted by atomic mass is 10.1. The number of halogens is 5. The molecule has 0 radical (unpaired) electrons. The maximum Gasteiger partial charge on any atom is 0.416 e. The first kappa shape index (κ1) is 28.5. The fraction of sp³-hybridized carbons (Fsp3) is 0.154. The minimum Gasteiger partial charge on any atom is -0.345 e. The minimum absolute atomic E-state index is 0.0267. The number of carbonyl (C=O) groups is 2. The van der Waals surface area contributed by atoms with Crippen LogP contribution in [0.15, 0.2) is 71.9 Å². The van der Waals surface area contributed by atoms with Gasteiger partial charge in [0, 0.05) is 10.6 Å². The molecule has 3 aromatic carbocycles. The monoisotopic (exact) mass is 593 g/mol. The molecule has 0 saturated heterocycles. The Kier molecular flexibility index (Phi) is 8.83. The van der Waals surface area contributed by atoms with Crippen LogP contribution in [0.2, 0.25) is 10.0 Å². The highest BCUT2D eigenvalue weighted by Gasteiger charge is 2.31. The van der Waals surface area contributed by atoms with Gasteiger partial charge in [0.1, 0.15) is 0 Å². The number of thioether (sulfide) groups is 1. The molecule has 202 valence electrons. The maximum absolute atomic E-state index is 13.1. The number of hydrogen-bond acceptors (Lipinski definition) is 5. The summed E-state index contributed by atoms with van der Waals surface area (Å²) >= 11 is 13.2. The third-order valence-electron chi connectivity index (χ3n) is 5.35. The molecule has 13 heteroatoms. The fourth-order valence-electron chi connectivity index (χ4n) is 3.54. The molecule has 0 unspecified atom stereocenters. The molecule has 0 saturated carbocycles. The van der Waals surface area contributed by atoms with Crippen molar-refractivity contribution in [3.05, 3.63) is 99.3 Å². The van der Waals surface area contributed by atoms with Crippen molar-refractivity contribution >= 4 is 52.5 Å². The van der Waals surface area contributed by atoms with Crippen LogP contribution < -0.4 is 10.6 Å². The third kappa shape index (κ3) is 7.31. The van der Waals surface area contributed by atoms with Crippen LogP contribution in [-0.4, -0.2) is 32.3 Å². The van der Waals surface area contributed by atoms with Gasteiger partial charge in [-0.05, 0) is 55.5 Å². The van der Waals surface area contributed by atoms with Gasteiger partial charge in [-0.3, -0.25) is 14.2 Å².